The number of hydrogen-bond acceptors (Lipinski definition) is 2. The van der Waals surface area contributed by atoms with Crippen molar-refractivity contribution in [3.8, 4) is 0 Å². The maximum atomic E-state index is 12.6. The second-order valence-electron chi connectivity index (χ2n) is 8.17. The molecule has 20 heavy (non-hydrogen) atoms. The first-order valence-corrected chi connectivity index (χ1v) is 8.31. The van der Waals surface area contributed by atoms with Gasteiger partial charge in [0.05, 0.1) is 0 Å². The number of amides is 1. The van der Waals surface area contributed by atoms with Gasteiger partial charge in [0.25, 0.3) is 0 Å². The third kappa shape index (κ3) is 3.75. The minimum absolute atomic E-state index is 0.218. The lowest BCUT2D eigenvalue weighted by atomic mass is 9.74. The molecule has 3 nitrogen and oxygen atoms in total. The Morgan fingerprint density at radius 3 is 2.60 bits per heavy atom. The fourth-order valence-electron chi connectivity index (χ4n) is 3.50. The Hall–Kier alpha value is -0.570. The van der Waals surface area contributed by atoms with E-state index in [0.717, 1.165) is 26.2 Å². The van der Waals surface area contributed by atoms with Crippen LogP contribution in [0.2, 0.25) is 0 Å². The number of rotatable bonds is 2. The van der Waals surface area contributed by atoms with E-state index in [2.05, 4.69) is 37.9 Å². The van der Waals surface area contributed by atoms with Crippen molar-refractivity contribution in [2.24, 2.45) is 16.7 Å². The molecule has 2 unspecified atom stereocenters. The number of carbonyl (C=O) groups excluding carboxylic acids is 1. The van der Waals surface area contributed by atoms with Crippen LogP contribution in [0, 0.1) is 16.7 Å². The summed E-state index contributed by atoms with van der Waals surface area (Å²) in [5, 5.41) is 3.53. The molecule has 116 valence electrons. The van der Waals surface area contributed by atoms with E-state index in [9.17, 15) is 4.79 Å². The van der Waals surface area contributed by atoms with Crippen LogP contribution in [0.3, 0.4) is 0 Å². The summed E-state index contributed by atoms with van der Waals surface area (Å²) in [5.41, 5.74) is 0.590. The third-order valence-corrected chi connectivity index (χ3v) is 5.53. The molecule has 2 fully saturated rings. The summed E-state index contributed by atoms with van der Waals surface area (Å²) in [5.74, 6) is 0.814. The molecule has 2 saturated heterocycles. The second-order valence-corrected chi connectivity index (χ2v) is 8.17. The van der Waals surface area contributed by atoms with Gasteiger partial charge in [-0.15, -0.1) is 0 Å². The van der Waals surface area contributed by atoms with Crippen LogP contribution in [0.15, 0.2) is 0 Å². The predicted octanol–water partition coefficient (Wildman–Crippen LogP) is 3.05. The molecule has 1 spiro atoms. The van der Waals surface area contributed by atoms with Crippen LogP contribution in [0.25, 0.3) is 0 Å². The number of nitrogens with zero attached hydrogens (tertiary/aromatic N) is 1. The highest BCUT2D eigenvalue weighted by molar-refractivity contribution is 5.76. The molecule has 3 heteroatoms. The van der Waals surface area contributed by atoms with Gasteiger partial charge in [-0.1, -0.05) is 27.7 Å². The van der Waals surface area contributed by atoms with Crippen LogP contribution in [-0.4, -0.2) is 37.0 Å². The van der Waals surface area contributed by atoms with Crippen molar-refractivity contribution in [2.45, 2.75) is 59.8 Å². The average Bonchev–Trinajstić information content (AvgIpc) is 2.38. The molecule has 0 aliphatic carbocycles. The topological polar surface area (TPSA) is 32.3 Å². The minimum atomic E-state index is 0.218. The van der Waals surface area contributed by atoms with Crippen LogP contribution >= 0.6 is 0 Å². The molecule has 2 rings (SSSR count). The van der Waals surface area contributed by atoms with Crippen LogP contribution < -0.4 is 5.32 Å². The maximum absolute atomic E-state index is 12.6. The van der Waals surface area contributed by atoms with E-state index in [1.807, 2.05) is 0 Å². The summed E-state index contributed by atoms with van der Waals surface area (Å²) in [6.45, 7) is 13.1. The van der Waals surface area contributed by atoms with Crippen molar-refractivity contribution in [3.05, 3.63) is 0 Å². The van der Waals surface area contributed by atoms with Crippen LogP contribution in [0.5, 0.6) is 0 Å². The van der Waals surface area contributed by atoms with Crippen molar-refractivity contribution in [1.82, 2.24) is 10.2 Å². The standard InChI is InChI=1S/C17H32N2O/c1-14(16(2,3)4)11-15(20)19-10-6-8-17(13-19)7-5-9-18-12-17/h14,18H,5-13H2,1-4H3. The molecule has 2 aliphatic heterocycles. The summed E-state index contributed by atoms with van der Waals surface area (Å²) in [7, 11) is 0. The Kier molecular flexibility index (Phi) is 4.78. The van der Waals surface area contributed by atoms with E-state index in [1.54, 1.807) is 0 Å². The van der Waals surface area contributed by atoms with E-state index in [4.69, 9.17) is 0 Å². The van der Waals surface area contributed by atoms with Crippen LogP contribution in [0.4, 0.5) is 0 Å². The molecule has 0 aromatic rings. The molecular weight excluding hydrogens is 248 g/mol. The Morgan fingerprint density at radius 1 is 1.30 bits per heavy atom. The van der Waals surface area contributed by atoms with Crippen LogP contribution in [-0.2, 0) is 4.79 Å². The fraction of sp³-hybridized carbons (Fsp3) is 0.941. The van der Waals surface area contributed by atoms with Gasteiger partial charge in [-0.2, -0.15) is 0 Å². The SMILES string of the molecule is CC(CC(=O)N1CCCC2(CCCNC2)C1)C(C)(C)C. The molecule has 2 atom stereocenters. The first-order chi connectivity index (χ1) is 9.32. The van der Waals surface area contributed by atoms with Gasteiger partial charge >= 0.3 is 0 Å². The van der Waals surface area contributed by atoms with Crippen molar-refractivity contribution in [1.29, 1.82) is 0 Å². The van der Waals surface area contributed by atoms with E-state index < -0.39 is 0 Å². The molecule has 0 radical (unpaired) electrons. The zero-order chi connectivity index (χ0) is 14.8. The van der Waals surface area contributed by atoms with Gasteiger partial charge in [0.1, 0.15) is 0 Å². The zero-order valence-corrected chi connectivity index (χ0v) is 13.8. The fourth-order valence-corrected chi connectivity index (χ4v) is 3.50. The summed E-state index contributed by atoms with van der Waals surface area (Å²) < 4.78 is 0. The average molecular weight is 280 g/mol. The zero-order valence-electron chi connectivity index (χ0n) is 13.8. The Balaban J connectivity index is 1.93. The summed E-state index contributed by atoms with van der Waals surface area (Å²) in [6.07, 6.45) is 5.72. The van der Waals surface area contributed by atoms with Crippen LogP contribution in [0.1, 0.15) is 59.8 Å². The van der Waals surface area contributed by atoms with Crippen molar-refractivity contribution < 1.29 is 4.79 Å². The quantitative estimate of drug-likeness (QED) is 0.843. The van der Waals surface area contributed by atoms with Gasteiger partial charge in [-0.3, -0.25) is 4.79 Å². The number of carbonyl (C=O) groups is 1. The lowest BCUT2D eigenvalue weighted by Crippen LogP contribution is -2.52. The van der Waals surface area contributed by atoms with Gasteiger partial charge in [-0.25, -0.2) is 0 Å². The van der Waals surface area contributed by atoms with E-state index in [1.165, 1.54) is 25.7 Å². The summed E-state index contributed by atoms with van der Waals surface area (Å²) in [4.78, 5) is 14.7. The second kappa shape index (κ2) is 6.05. The maximum Gasteiger partial charge on any atom is 0.222 e. The molecule has 2 heterocycles. The molecule has 1 N–H and O–H groups in total. The smallest absolute Gasteiger partial charge is 0.222 e. The third-order valence-electron chi connectivity index (χ3n) is 5.53. The lowest BCUT2D eigenvalue weighted by Gasteiger charge is -2.46. The highest BCUT2D eigenvalue weighted by atomic mass is 16.2. The molecule has 0 aromatic carbocycles. The first kappa shape index (κ1) is 15.8. The number of likely N-dealkylation sites (tertiary alicyclic amines) is 1. The van der Waals surface area contributed by atoms with Crippen molar-refractivity contribution >= 4 is 5.91 Å². The van der Waals surface area contributed by atoms with Gasteiger partial charge in [-0.05, 0) is 43.6 Å². The predicted molar refractivity (Wildman–Crippen MR) is 83.6 cm³/mol. The van der Waals surface area contributed by atoms with Gasteiger partial charge < -0.3 is 10.2 Å². The number of piperidine rings is 2. The molecular formula is C17H32N2O. The summed E-state index contributed by atoms with van der Waals surface area (Å²) in [6, 6.07) is 0. The van der Waals surface area contributed by atoms with Gasteiger partial charge in [0, 0.05) is 31.5 Å². The Labute approximate surface area is 124 Å². The molecule has 2 aliphatic rings. The van der Waals surface area contributed by atoms with Crippen molar-refractivity contribution in [3.63, 3.8) is 0 Å². The summed E-state index contributed by atoms with van der Waals surface area (Å²) >= 11 is 0. The minimum Gasteiger partial charge on any atom is -0.342 e. The first-order valence-electron chi connectivity index (χ1n) is 8.31. The number of nitrogens with one attached hydrogen (secondary N) is 1. The molecule has 0 saturated carbocycles. The molecule has 1 amide bonds. The van der Waals surface area contributed by atoms with E-state index in [-0.39, 0.29) is 5.41 Å². The van der Waals surface area contributed by atoms with Crippen molar-refractivity contribution in [2.75, 3.05) is 26.2 Å². The lowest BCUT2D eigenvalue weighted by molar-refractivity contribution is -0.136. The normalized spacial score (nSPS) is 29.5. The highest BCUT2D eigenvalue weighted by Gasteiger charge is 2.38. The monoisotopic (exact) mass is 280 g/mol. The highest BCUT2D eigenvalue weighted by Crippen LogP contribution is 2.37. The number of hydrogen-bond donors (Lipinski definition) is 1. The largest absolute Gasteiger partial charge is 0.342 e. The Bertz CT molecular complexity index is 334. The Morgan fingerprint density at radius 2 is 2.00 bits per heavy atom. The van der Waals surface area contributed by atoms with E-state index >= 15 is 0 Å². The molecule has 0 bridgehead atoms. The van der Waals surface area contributed by atoms with Gasteiger partial charge in [0.2, 0.25) is 5.91 Å². The van der Waals surface area contributed by atoms with E-state index in [0.29, 0.717) is 23.7 Å². The molecule has 0 aromatic heterocycles. The van der Waals surface area contributed by atoms with Gasteiger partial charge in [0.15, 0.2) is 0 Å².